The lowest BCUT2D eigenvalue weighted by Crippen LogP contribution is -2.50. The van der Waals surface area contributed by atoms with E-state index in [4.69, 9.17) is 9.47 Å². The number of nitrogens with zero attached hydrogens (tertiary/aromatic N) is 3. The molecule has 1 aliphatic heterocycles. The second-order valence-electron chi connectivity index (χ2n) is 7.45. The minimum atomic E-state index is -0.767. The fourth-order valence-corrected chi connectivity index (χ4v) is 3.92. The van der Waals surface area contributed by atoms with Crippen LogP contribution in [0.1, 0.15) is 21.1 Å². The second kappa shape index (κ2) is 8.77. The molecule has 0 bridgehead atoms. The van der Waals surface area contributed by atoms with Crippen molar-refractivity contribution >= 4 is 28.8 Å². The molecule has 1 atom stereocenters. The summed E-state index contributed by atoms with van der Waals surface area (Å²) >= 11 is 1.37. The molecule has 0 aliphatic carbocycles. The summed E-state index contributed by atoms with van der Waals surface area (Å²) in [6, 6.07) is 15.0. The first-order valence-corrected chi connectivity index (χ1v) is 10.7. The molecule has 0 unspecified atom stereocenters. The molecule has 0 N–H and O–H groups in total. The molecule has 2 heterocycles. The molecular weight excluding hydrogens is 414 g/mol. The van der Waals surface area contributed by atoms with Crippen LogP contribution >= 0.6 is 11.3 Å². The lowest BCUT2D eigenvalue weighted by molar-refractivity contribution is -0.135. The summed E-state index contributed by atoms with van der Waals surface area (Å²) in [7, 11) is 3.33. The molecular formula is C23H23N3O4S. The average Bonchev–Trinajstić information content (AvgIpc) is 3.26. The van der Waals surface area contributed by atoms with Gasteiger partial charge in [-0.25, -0.2) is 4.98 Å². The number of aromatic nitrogens is 1. The number of hydrogen-bond acceptors (Lipinski definition) is 6. The van der Waals surface area contributed by atoms with Crippen molar-refractivity contribution in [1.82, 2.24) is 9.88 Å². The Bertz CT molecular complexity index is 1090. The Hall–Kier alpha value is -3.39. The van der Waals surface area contributed by atoms with Crippen LogP contribution in [-0.2, 0) is 11.4 Å². The van der Waals surface area contributed by atoms with Crippen LogP contribution in [0.3, 0.4) is 0 Å². The van der Waals surface area contributed by atoms with Gasteiger partial charge in [-0.05, 0) is 31.2 Å². The molecule has 0 fully saturated rings. The molecule has 2 amide bonds. The minimum absolute atomic E-state index is 0.125. The minimum Gasteiger partial charge on any atom is -0.486 e. The van der Waals surface area contributed by atoms with Crippen molar-refractivity contribution in [2.75, 3.05) is 25.5 Å². The Morgan fingerprint density at radius 2 is 1.94 bits per heavy atom. The summed E-state index contributed by atoms with van der Waals surface area (Å²) in [5.74, 6) is 0.782. The van der Waals surface area contributed by atoms with Gasteiger partial charge in [-0.15, -0.1) is 11.3 Å². The summed E-state index contributed by atoms with van der Waals surface area (Å²) in [6.45, 7) is 2.42. The van der Waals surface area contributed by atoms with Crippen LogP contribution in [0, 0.1) is 6.92 Å². The van der Waals surface area contributed by atoms with E-state index in [1.807, 2.05) is 43.3 Å². The number of amides is 2. The van der Waals surface area contributed by atoms with Crippen molar-refractivity contribution in [3.8, 4) is 11.5 Å². The van der Waals surface area contributed by atoms with E-state index in [-0.39, 0.29) is 25.0 Å². The summed E-state index contributed by atoms with van der Waals surface area (Å²) in [5.41, 5.74) is 2.10. The van der Waals surface area contributed by atoms with Gasteiger partial charge in [-0.2, -0.15) is 0 Å². The number of benzene rings is 2. The number of fused-ring (bicyclic) bond motifs is 1. The van der Waals surface area contributed by atoms with Crippen LogP contribution in [0.2, 0.25) is 0 Å². The number of ether oxygens (including phenoxy) is 2. The quantitative estimate of drug-likeness (QED) is 0.611. The SMILES string of the molecule is Cc1ccc(OCc2nc(C(=O)N3C[C@H](C(=O)N(C)C)Oc4ccccc43)cs2)cc1. The molecule has 0 saturated carbocycles. The fourth-order valence-electron chi connectivity index (χ4n) is 3.24. The predicted octanol–water partition coefficient (Wildman–Crippen LogP) is 3.53. The molecule has 4 rings (SSSR count). The van der Waals surface area contributed by atoms with E-state index in [0.717, 1.165) is 11.3 Å². The number of likely N-dealkylation sites (N-methyl/N-ethyl adjacent to an activating group) is 1. The first kappa shape index (κ1) is 20.9. The van der Waals surface area contributed by atoms with E-state index in [9.17, 15) is 9.59 Å². The third kappa shape index (κ3) is 4.54. The second-order valence-corrected chi connectivity index (χ2v) is 8.39. The first-order valence-electron chi connectivity index (χ1n) is 9.85. The highest BCUT2D eigenvalue weighted by atomic mass is 32.1. The van der Waals surface area contributed by atoms with E-state index in [0.29, 0.717) is 22.1 Å². The van der Waals surface area contributed by atoms with E-state index in [1.54, 1.807) is 36.5 Å². The maximum Gasteiger partial charge on any atom is 0.278 e. The Kier molecular flexibility index (Phi) is 5.90. The van der Waals surface area contributed by atoms with Gasteiger partial charge in [0.05, 0.1) is 12.2 Å². The van der Waals surface area contributed by atoms with Crippen LogP contribution in [0.5, 0.6) is 11.5 Å². The summed E-state index contributed by atoms with van der Waals surface area (Å²) in [4.78, 5) is 33.2. The molecule has 7 nitrogen and oxygen atoms in total. The van der Waals surface area contributed by atoms with Crippen LogP contribution in [0.15, 0.2) is 53.9 Å². The Labute approximate surface area is 184 Å². The standard InChI is InChI=1S/C23H23N3O4S/c1-15-8-10-16(11-9-15)29-13-21-24-17(14-31-21)22(27)26-12-20(23(28)25(2)3)30-19-7-5-4-6-18(19)26/h4-11,14,20H,12-13H2,1-3H3/t20-/m1/s1. The highest BCUT2D eigenvalue weighted by Gasteiger charge is 2.35. The van der Waals surface area contributed by atoms with E-state index >= 15 is 0 Å². The molecule has 0 spiro atoms. The highest BCUT2D eigenvalue weighted by Crippen LogP contribution is 2.34. The summed E-state index contributed by atoms with van der Waals surface area (Å²) in [6.07, 6.45) is -0.767. The number of para-hydroxylation sites is 2. The maximum atomic E-state index is 13.3. The van der Waals surface area contributed by atoms with Gasteiger partial charge in [-0.1, -0.05) is 29.8 Å². The number of carbonyl (C=O) groups excluding carboxylic acids is 2. The Balaban J connectivity index is 1.51. The van der Waals surface area contributed by atoms with Gasteiger partial charge in [0.1, 0.15) is 28.8 Å². The van der Waals surface area contributed by atoms with Crippen molar-refractivity contribution in [1.29, 1.82) is 0 Å². The third-order valence-electron chi connectivity index (χ3n) is 4.89. The largest absolute Gasteiger partial charge is 0.486 e. The van der Waals surface area contributed by atoms with Crippen molar-refractivity contribution in [3.63, 3.8) is 0 Å². The van der Waals surface area contributed by atoms with Crippen molar-refractivity contribution in [2.45, 2.75) is 19.6 Å². The van der Waals surface area contributed by atoms with Gasteiger partial charge >= 0.3 is 0 Å². The molecule has 3 aromatic rings. The van der Waals surface area contributed by atoms with E-state index in [2.05, 4.69) is 4.98 Å². The van der Waals surface area contributed by atoms with Crippen molar-refractivity contribution in [2.24, 2.45) is 0 Å². The zero-order valence-electron chi connectivity index (χ0n) is 17.6. The smallest absolute Gasteiger partial charge is 0.278 e. The lowest BCUT2D eigenvalue weighted by atomic mass is 10.1. The number of carbonyl (C=O) groups is 2. The molecule has 1 aromatic heterocycles. The summed E-state index contributed by atoms with van der Waals surface area (Å²) in [5, 5.41) is 2.42. The summed E-state index contributed by atoms with van der Waals surface area (Å²) < 4.78 is 11.6. The maximum absolute atomic E-state index is 13.3. The number of aryl methyl sites for hydroxylation is 1. The molecule has 0 radical (unpaired) electrons. The fraction of sp³-hybridized carbons (Fsp3) is 0.261. The molecule has 1 aliphatic rings. The molecule has 31 heavy (non-hydrogen) atoms. The lowest BCUT2D eigenvalue weighted by Gasteiger charge is -2.34. The topological polar surface area (TPSA) is 72.0 Å². The normalized spacial score (nSPS) is 15.1. The van der Waals surface area contributed by atoms with Gasteiger partial charge in [0.15, 0.2) is 6.10 Å². The van der Waals surface area contributed by atoms with Gasteiger partial charge in [-0.3, -0.25) is 14.5 Å². The van der Waals surface area contributed by atoms with Gasteiger partial charge in [0.25, 0.3) is 11.8 Å². The zero-order valence-corrected chi connectivity index (χ0v) is 18.4. The monoisotopic (exact) mass is 437 g/mol. The van der Waals surface area contributed by atoms with E-state index < -0.39 is 6.10 Å². The van der Waals surface area contributed by atoms with Crippen molar-refractivity contribution in [3.05, 3.63) is 70.2 Å². The first-order chi connectivity index (χ1) is 14.9. The Morgan fingerprint density at radius 1 is 1.19 bits per heavy atom. The van der Waals surface area contributed by atoms with Gasteiger partial charge in [0.2, 0.25) is 0 Å². The number of anilines is 1. The number of rotatable bonds is 5. The molecule has 160 valence electrons. The zero-order chi connectivity index (χ0) is 22.0. The number of hydrogen-bond donors (Lipinski definition) is 0. The van der Waals surface area contributed by atoms with Gasteiger partial charge in [0, 0.05) is 19.5 Å². The Morgan fingerprint density at radius 3 is 2.68 bits per heavy atom. The molecule has 0 saturated heterocycles. The van der Waals surface area contributed by atoms with Crippen LogP contribution in [0.25, 0.3) is 0 Å². The predicted molar refractivity (Wildman–Crippen MR) is 119 cm³/mol. The number of thiazole rings is 1. The third-order valence-corrected chi connectivity index (χ3v) is 5.71. The van der Waals surface area contributed by atoms with Crippen molar-refractivity contribution < 1.29 is 19.1 Å². The van der Waals surface area contributed by atoms with Crippen LogP contribution in [0.4, 0.5) is 5.69 Å². The van der Waals surface area contributed by atoms with E-state index in [1.165, 1.54) is 16.2 Å². The highest BCUT2D eigenvalue weighted by molar-refractivity contribution is 7.09. The van der Waals surface area contributed by atoms with Crippen LogP contribution < -0.4 is 14.4 Å². The molecule has 2 aromatic carbocycles. The average molecular weight is 438 g/mol. The van der Waals surface area contributed by atoms with Crippen LogP contribution in [-0.4, -0.2) is 48.4 Å². The van der Waals surface area contributed by atoms with Gasteiger partial charge < -0.3 is 14.4 Å². The molecule has 8 heteroatoms.